The highest BCUT2D eigenvalue weighted by Crippen LogP contribution is 2.05. The summed E-state index contributed by atoms with van der Waals surface area (Å²) < 4.78 is 0. The van der Waals surface area contributed by atoms with Crippen LogP contribution in [0.3, 0.4) is 0 Å². The van der Waals surface area contributed by atoms with Crippen molar-refractivity contribution in [3.8, 4) is 0 Å². The number of nitrogens with zero attached hydrogens (tertiary/aromatic N) is 4. The average Bonchev–Trinajstić information content (AvgIpc) is 1.85. The molecule has 0 aromatic carbocycles. The molecule has 0 radical (unpaired) electrons. The minimum absolute atomic E-state index is 0.118. The van der Waals surface area contributed by atoms with E-state index in [0.29, 0.717) is 0 Å². The first-order valence-electron chi connectivity index (χ1n) is 2.67. The van der Waals surface area contributed by atoms with Crippen LogP contribution in [0.2, 0.25) is 0 Å². The van der Waals surface area contributed by atoms with E-state index in [0.717, 1.165) is 0 Å². The van der Waals surface area contributed by atoms with Crippen LogP contribution in [-0.2, 0) is 0 Å². The van der Waals surface area contributed by atoms with E-state index in [9.17, 15) is 10.1 Å². The van der Waals surface area contributed by atoms with Crippen LogP contribution in [0.4, 0.5) is 0 Å². The predicted molar refractivity (Wildman–Crippen MR) is 34.0 cm³/mol. The lowest BCUT2D eigenvalue weighted by atomic mass is 10.7. The SMILES string of the molecule is CN1N=NC([N+](=O)[O-])=C(N)N1. The minimum atomic E-state index is -0.709. The first kappa shape index (κ1) is 7.25. The van der Waals surface area contributed by atoms with Gasteiger partial charge in [-0.1, -0.05) is 0 Å². The van der Waals surface area contributed by atoms with Crippen molar-refractivity contribution < 1.29 is 4.92 Å². The summed E-state index contributed by atoms with van der Waals surface area (Å²) in [7, 11) is 1.52. The van der Waals surface area contributed by atoms with Gasteiger partial charge in [-0.2, -0.15) is 5.12 Å². The molecule has 0 amide bonds. The highest BCUT2D eigenvalue weighted by atomic mass is 16.6. The van der Waals surface area contributed by atoms with Gasteiger partial charge >= 0.3 is 5.82 Å². The summed E-state index contributed by atoms with van der Waals surface area (Å²) in [6.45, 7) is 0. The van der Waals surface area contributed by atoms with Gasteiger partial charge in [0.2, 0.25) is 5.82 Å². The fraction of sp³-hybridized carbons (Fsp3) is 0.333. The molecule has 0 spiro atoms. The van der Waals surface area contributed by atoms with Gasteiger partial charge in [0.05, 0.1) is 12.3 Å². The van der Waals surface area contributed by atoms with Crippen molar-refractivity contribution in [1.29, 1.82) is 0 Å². The highest BCUT2D eigenvalue weighted by molar-refractivity contribution is 4.99. The number of hydrazine groups is 1. The Morgan fingerprint density at radius 2 is 2.45 bits per heavy atom. The Morgan fingerprint density at radius 1 is 1.82 bits per heavy atom. The molecule has 1 rings (SSSR count). The van der Waals surface area contributed by atoms with Crippen molar-refractivity contribution in [2.45, 2.75) is 0 Å². The van der Waals surface area contributed by atoms with Crippen molar-refractivity contribution in [1.82, 2.24) is 10.5 Å². The molecule has 0 aromatic heterocycles. The van der Waals surface area contributed by atoms with Gasteiger partial charge in [-0.15, -0.1) is 0 Å². The Morgan fingerprint density at radius 3 is 2.91 bits per heavy atom. The van der Waals surface area contributed by atoms with Crippen LogP contribution in [0.25, 0.3) is 0 Å². The zero-order valence-corrected chi connectivity index (χ0v) is 5.68. The lowest BCUT2D eigenvalue weighted by Crippen LogP contribution is -2.36. The van der Waals surface area contributed by atoms with Crippen LogP contribution in [0, 0.1) is 10.1 Å². The molecule has 0 unspecified atom stereocenters. The molecule has 0 fully saturated rings. The van der Waals surface area contributed by atoms with E-state index in [1.807, 2.05) is 0 Å². The maximum absolute atomic E-state index is 10.1. The fourth-order valence-electron chi connectivity index (χ4n) is 0.545. The Kier molecular flexibility index (Phi) is 1.58. The zero-order chi connectivity index (χ0) is 8.43. The van der Waals surface area contributed by atoms with Gasteiger partial charge in [-0.05, 0) is 4.92 Å². The number of nitro groups is 1. The fourth-order valence-corrected chi connectivity index (χ4v) is 0.545. The highest BCUT2D eigenvalue weighted by Gasteiger charge is 2.21. The normalized spacial score (nSPS) is 16.6. The second-order valence-corrected chi connectivity index (χ2v) is 1.82. The van der Waals surface area contributed by atoms with Gasteiger partial charge in [0, 0.05) is 0 Å². The molecule has 0 aliphatic carbocycles. The molecule has 8 heteroatoms. The molecular weight excluding hydrogens is 152 g/mol. The summed E-state index contributed by atoms with van der Waals surface area (Å²) in [5.74, 6) is -0.587. The third kappa shape index (κ3) is 1.34. The van der Waals surface area contributed by atoms with Crippen molar-refractivity contribution in [3.63, 3.8) is 0 Å². The number of rotatable bonds is 1. The quantitative estimate of drug-likeness (QED) is 0.382. The Hall–Kier alpha value is -1.86. The second-order valence-electron chi connectivity index (χ2n) is 1.82. The molecule has 60 valence electrons. The first-order chi connectivity index (χ1) is 5.11. The maximum Gasteiger partial charge on any atom is 0.434 e. The largest absolute Gasteiger partial charge is 0.434 e. The number of nitrogens with two attached hydrogens (primary N) is 1. The van der Waals surface area contributed by atoms with E-state index in [1.165, 1.54) is 12.2 Å². The average molecular weight is 158 g/mol. The Bertz CT molecular complexity index is 244. The molecule has 1 aliphatic heterocycles. The summed E-state index contributed by atoms with van der Waals surface area (Å²) in [5.41, 5.74) is 7.60. The zero-order valence-electron chi connectivity index (χ0n) is 5.68. The van der Waals surface area contributed by atoms with Crippen LogP contribution < -0.4 is 11.2 Å². The van der Waals surface area contributed by atoms with E-state index in [2.05, 4.69) is 15.8 Å². The molecule has 1 heterocycles. The van der Waals surface area contributed by atoms with Gasteiger partial charge in [-0.3, -0.25) is 5.43 Å². The van der Waals surface area contributed by atoms with Gasteiger partial charge in [0.1, 0.15) is 5.11 Å². The Balaban J connectivity index is 2.88. The topological polar surface area (TPSA) is 109 Å². The molecule has 0 atom stereocenters. The minimum Gasteiger partial charge on any atom is -0.377 e. The van der Waals surface area contributed by atoms with E-state index < -0.39 is 10.7 Å². The molecule has 11 heavy (non-hydrogen) atoms. The van der Waals surface area contributed by atoms with Crippen LogP contribution in [-0.4, -0.2) is 17.1 Å². The van der Waals surface area contributed by atoms with Crippen molar-refractivity contribution >= 4 is 0 Å². The standard InChI is InChI=1S/C3H6N6O2/c1-8-6-2(4)3(5-7-8)9(10)11/h6H,4H2,1H3. The molecule has 1 aliphatic rings. The summed E-state index contributed by atoms with van der Waals surface area (Å²) in [6, 6.07) is 0. The van der Waals surface area contributed by atoms with E-state index in [1.54, 1.807) is 0 Å². The van der Waals surface area contributed by atoms with E-state index in [-0.39, 0.29) is 5.82 Å². The molecule has 0 saturated heterocycles. The maximum atomic E-state index is 10.1. The van der Waals surface area contributed by atoms with Gasteiger partial charge < -0.3 is 15.8 Å². The molecular formula is C3H6N6O2. The van der Waals surface area contributed by atoms with E-state index >= 15 is 0 Å². The number of hydrogen-bond donors (Lipinski definition) is 2. The molecule has 8 nitrogen and oxygen atoms in total. The van der Waals surface area contributed by atoms with Gasteiger partial charge in [0.15, 0.2) is 0 Å². The lowest BCUT2D eigenvalue weighted by Gasteiger charge is -2.13. The second kappa shape index (κ2) is 2.40. The molecule has 0 bridgehead atoms. The van der Waals surface area contributed by atoms with Crippen LogP contribution in [0.1, 0.15) is 0 Å². The third-order valence-corrected chi connectivity index (χ3v) is 0.970. The van der Waals surface area contributed by atoms with Gasteiger partial charge in [-0.25, -0.2) is 0 Å². The van der Waals surface area contributed by atoms with E-state index in [4.69, 9.17) is 5.73 Å². The van der Waals surface area contributed by atoms with Crippen LogP contribution in [0.15, 0.2) is 22.0 Å². The summed E-state index contributed by atoms with van der Waals surface area (Å²) in [5, 5.41) is 17.9. The van der Waals surface area contributed by atoms with Crippen molar-refractivity contribution in [2.24, 2.45) is 16.1 Å². The number of nitrogens with one attached hydrogen (secondary N) is 1. The van der Waals surface area contributed by atoms with Crippen LogP contribution in [0.5, 0.6) is 0 Å². The van der Waals surface area contributed by atoms with Crippen LogP contribution >= 0.6 is 0 Å². The van der Waals surface area contributed by atoms with Gasteiger partial charge in [0.25, 0.3) is 0 Å². The Labute approximate surface area is 61.5 Å². The summed E-state index contributed by atoms with van der Waals surface area (Å²) >= 11 is 0. The third-order valence-electron chi connectivity index (χ3n) is 0.970. The van der Waals surface area contributed by atoms with Crippen molar-refractivity contribution in [2.75, 3.05) is 7.05 Å². The lowest BCUT2D eigenvalue weighted by molar-refractivity contribution is -0.430. The first-order valence-corrected chi connectivity index (χ1v) is 2.67. The smallest absolute Gasteiger partial charge is 0.377 e. The molecule has 0 aromatic rings. The van der Waals surface area contributed by atoms with Crippen molar-refractivity contribution in [3.05, 3.63) is 21.8 Å². The monoisotopic (exact) mass is 158 g/mol. The summed E-state index contributed by atoms with van der Waals surface area (Å²) in [6.07, 6.45) is 0. The molecule has 0 saturated carbocycles. The molecule has 3 N–H and O–H groups in total. The number of hydrogen-bond acceptors (Lipinski definition) is 7. The predicted octanol–water partition coefficient (Wildman–Crippen LogP) is -0.834. The summed E-state index contributed by atoms with van der Waals surface area (Å²) in [4.78, 5) is 9.42.